The maximum Gasteiger partial charge on any atom is 0.0718 e. The van der Waals surface area contributed by atoms with Gasteiger partial charge in [-0.3, -0.25) is 4.98 Å². The monoisotopic (exact) mass is 320 g/mol. The average molecular weight is 321 g/mol. The number of hydrogen-bond donors (Lipinski definition) is 0. The number of fused-ring (bicyclic) bond motifs is 1. The van der Waals surface area contributed by atoms with Crippen LogP contribution in [0.25, 0.3) is 22.2 Å². The molecule has 114 valence electrons. The van der Waals surface area contributed by atoms with Crippen LogP contribution in [0, 0.1) is 0 Å². The summed E-state index contributed by atoms with van der Waals surface area (Å²) in [7, 11) is 0. The highest BCUT2D eigenvalue weighted by molar-refractivity contribution is 6.30. The largest absolute Gasteiger partial charge is 0.308 e. The van der Waals surface area contributed by atoms with Crippen molar-refractivity contribution in [3.05, 3.63) is 90.4 Å². The molecular formula is C20H17ClN2. The van der Waals surface area contributed by atoms with E-state index in [-0.39, 0.29) is 0 Å². The van der Waals surface area contributed by atoms with E-state index < -0.39 is 0 Å². The molecule has 2 nitrogen and oxygen atoms in total. The maximum absolute atomic E-state index is 6.02. The van der Waals surface area contributed by atoms with E-state index in [0.717, 1.165) is 32.9 Å². The summed E-state index contributed by atoms with van der Waals surface area (Å²) in [5.41, 5.74) is 4.06. The number of nitrogens with zero attached hydrogens (tertiary/aromatic N) is 2. The Kier molecular flexibility index (Phi) is 4.45. The highest BCUT2D eigenvalue weighted by Gasteiger charge is 2.11. The van der Waals surface area contributed by atoms with Crippen LogP contribution in [-0.4, -0.2) is 9.55 Å². The van der Waals surface area contributed by atoms with E-state index in [0.29, 0.717) is 0 Å². The molecule has 0 bridgehead atoms. The van der Waals surface area contributed by atoms with Crippen LogP contribution in [0.3, 0.4) is 0 Å². The normalized spacial score (nSPS) is 11.7. The third-order valence-corrected chi connectivity index (χ3v) is 3.87. The van der Waals surface area contributed by atoms with Gasteiger partial charge in [0, 0.05) is 22.3 Å². The van der Waals surface area contributed by atoms with E-state index in [9.17, 15) is 0 Å². The van der Waals surface area contributed by atoms with E-state index >= 15 is 0 Å². The molecule has 2 heterocycles. The van der Waals surface area contributed by atoms with Crippen LogP contribution in [0.2, 0.25) is 5.02 Å². The number of halogens is 1. The van der Waals surface area contributed by atoms with Crippen LogP contribution in [0.15, 0.2) is 79.7 Å². The van der Waals surface area contributed by atoms with Gasteiger partial charge in [-0.1, -0.05) is 42.5 Å². The molecule has 0 atom stereocenters. The van der Waals surface area contributed by atoms with Crippen LogP contribution in [-0.2, 0) is 0 Å². The molecule has 0 saturated carbocycles. The lowest BCUT2D eigenvalue weighted by Crippen LogP contribution is -1.98. The van der Waals surface area contributed by atoms with Gasteiger partial charge in [-0.05, 0) is 48.9 Å². The standard InChI is InChI=1S/C20H17ClN2/c1-3-4-5-6-15(2)19-13-16-11-12-22-14-20(16)23(19)18-9-7-17(21)8-10-18/h3-14H,2H2,1H3/b4-3-,6-5-. The predicted octanol–water partition coefficient (Wildman–Crippen LogP) is 5.82. The highest BCUT2D eigenvalue weighted by Crippen LogP contribution is 2.28. The van der Waals surface area contributed by atoms with Crippen molar-refractivity contribution in [2.45, 2.75) is 6.92 Å². The Morgan fingerprint density at radius 3 is 2.70 bits per heavy atom. The van der Waals surface area contributed by atoms with Crippen LogP contribution in [0.1, 0.15) is 12.6 Å². The quantitative estimate of drug-likeness (QED) is 0.553. The molecule has 0 aliphatic carbocycles. The number of benzene rings is 1. The fraction of sp³-hybridized carbons (Fsp3) is 0.0500. The molecule has 0 aliphatic rings. The Hall–Kier alpha value is -2.58. The number of allylic oxidation sites excluding steroid dienone is 5. The average Bonchev–Trinajstić information content (AvgIpc) is 2.95. The van der Waals surface area contributed by atoms with E-state index in [4.69, 9.17) is 11.6 Å². The van der Waals surface area contributed by atoms with Crippen molar-refractivity contribution < 1.29 is 0 Å². The lowest BCUT2D eigenvalue weighted by molar-refractivity contribution is 1.09. The van der Waals surface area contributed by atoms with E-state index in [1.165, 1.54) is 0 Å². The first-order valence-electron chi connectivity index (χ1n) is 7.41. The second-order valence-corrected chi connectivity index (χ2v) is 5.62. The lowest BCUT2D eigenvalue weighted by atomic mass is 10.2. The first kappa shape index (κ1) is 15.3. The Balaban J connectivity index is 2.19. The molecule has 0 N–H and O–H groups in total. The van der Waals surface area contributed by atoms with Crippen molar-refractivity contribution in [2.75, 3.05) is 0 Å². The zero-order valence-electron chi connectivity index (χ0n) is 12.9. The first-order chi connectivity index (χ1) is 11.2. The molecule has 3 heteroatoms. The molecule has 3 aromatic rings. The minimum Gasteiger partial charge on any atom is -0.308 e. The zero-order chi connectivity index (χ0) is 16.2. The van der Waals surface area contributed by atoms with Crippen LogP contribution in [0.4, 0.5) is 0 Å². The van der Waals surface area contributed by atoms with Gasteiger partial charge in [0.2, 0.25) is 0 Å². The van der Waals surface area contributed by atoms with Gasteiger partial charge in [0.25, 0.3) is 0 Å². The SMILES string of the molecule is C=C(/C=C\C=C/C)c1cc2ccncc2n1-c1ccc(Cl)cc1. The number of aromatic nitrogens is 2. The van der Waals surface area contributed by atoms with E-state index in [1.54, 1.807) is 6.20 Å². The Labute approximate surface area is 141 Å². The summed E-state index contributed by atoms with van der Waals surface area (Å²) in [6.45, 7) is 6.20. The summed E-state index contributed by atoms with van der Waals surface area (Å²) in [4.78, 5) is 4.26. The molecule has 0 spiro atoms. The molecule has 0 radical (unpaired) electrons. The Morgan fingerprint density at radius 1 is 1.17 bits per heavy atom. The third kappa shape index (κ3) is 3.13. The predicted molar refractivity (Wildman–Crippen MR) is 99.1 cm³/mol. The molecule has 0 fully saturated rings. The maximum atomic E-state index is 6.02. The summed E-state index contributed by atoms with van der Waals surface area (Å²) < 4.78 is 2.15. The first-order valence-corrected chi connectivity index (χ1v) is 7.78. The van der Waals surface area contributed by atoms with Crippen molar-refractivity contribution in [2.24, 2.45) is 0 Å². The molecule has 0 unspecified atom stereocenters. The molecule has 0 aliphatic heterocycles. The van der Waals surface area contributed by atoms with Gasteiger partial charge in [-0.2, -0.15) is 0 Å². The molecule has 23 heavy (non-hydrogen) atoms. The number of rotatable bonds is 4. The summed E-state index contributed by atoms with van der Waals surface area (Å²) >= 11 is 6.02. The fourth-order valence-corrected chi connectivity index (χ4v) is 2.65. The smallest absolute Gasteiger partial charge is 0.0718 e. The number of hydrogen-bond acceptors (Lipinski definition) is 1. The van der Waals surface area contributed by atoms with Gasteiger partial charge in [0.05, 0.1) is 17.4 Å². The second-order valence-electron chi connectivity index (χ2n) is 5.19. The van der Waals surface area contributed by atoms with Crippen molar-refractivity contribution in [3.63, 3.8) is 0 Å². The van der Waals surface area contributed by atoms with Crippen molar-refractivity contribution in [1.82, 2.24) is 9.55 Å². The summed E-state index contributed by atoms with van der Waals surface area (Å²) in [5, 5.41) is 1.85. The van der Waals surface area contributed by atoms with Crippen LogP contribution >= 0.6 is 11.6 Å². The van der Waals surface area contributed by atoms with Gasteiger partial charge in [-0.15, -0.1) is 0 Å². The Bertz CT molecular complexity index is 899. The molecule has 2 aromatic heterocycles. The molecule has 3 rings (SSSR count). The van der Waals surface area contributed by atoms with Crippen molar-refractivity contribution >= 4 is 28.1 Å². The van der Waals surface area contributed by atoms with Crippen LogP contribution < -0.4 is 0 Å². The molecule has 0 saturated heterocycles. The molecule has 0 amide bonds. The van der Waals surface area contributed by atoms with Crippen molar-refractivity contribution in [1.29, 1.82) is 0 Å². The van der Waals surface area contributed by atoms with Gasteiger partial charge >= 0.3 is 0 Å². The number of pyridine rings is 1. The molecule has 1 aromatic carbocycles. The van der Waals surface area contributed by atoms with Gasteiger partial charge in [0.1, 0.15) is 0 Å². The summed E-state index contributed by atoms with van der Waals surface area (Å²) in [5.74, 6) is 0. The van der Waals surface area contributed by atoms with Crippen molar-refractivity contribution in [3.8, 4) is 5.69 Å². The van der Waals surface area contributed by atoms with Gasteiger partial charge in [-0.25, -0.2) is 0 Å². The third-order valence-electron chi connectivity index (χ3n) is 3.62. The minimum absolute atomic E-state index is 0.719. The molecular weight excluding hydrogens is 304 g/mol. The topological polar surface area (TPSA) is 17.8 Å². The van der Waals surface area contributed by atoms with Gasteiger partial charge in [0.15, 0.2) is 0 Å². The highest BCUT2D eigenvalue weighted by atomic mass is 35.5. The minimum atomic E-state index is 0.719. The second kappa shape index (κ2) is 6.67. The summed E-state index contributed by atoms with van der Waals surface area (Å²) in [6.07, 6.45) is 11.6. The van der Waals surface area contributed by atoms with Crippen LogP contribution in [0.5, 0.6) is 0 Å². The van der Waals surface area contributed by atoms with Gasteiger partial charge < -0.3 is 4.57 Å². The summed E-state index contributed by atoms with van der Waals surface area (Å²) in [6, 6.07) is 11.9. The lowest BCUT2D eigenvalue weighted by Gasteiger charge is -2.11. The van der Waals surface area contributed by atoms with E-state index in [1.807, 2.05) is 67.8 Å². The zero-order valence-corrected chi connectivity index (χ0v) is 13.7. The fourth-order valence-electron chi connectivity index (χ4n) is 2.52. The Morgan fingerprint density at radius 2 is 1.96 bits per heavy atom. The van der Waals surface area contributed by atoms with E-state index in [2.05, 4.69) is 22.2 Å².